The zero-order chi connectivity index (χ0) is 19.1. The van der Waals surface area contributed by atoms with Crippen LogP contribution < -0.4 is 14.4 Å². The highest BCUT2D eigenvalue weighted by atomic mass is 35.5. The highest BCUT2D eigenvalue weighted by molar-refractivity contribution is 6.31. The zero-order valence-corrected chi connectivity index (χ0v) is 15.8. The molecule has 7 heteroatoms. The molecule has 0 bridgehead atoms. The van der Waals surface area contributed by atoms with Crippen LogP contribution in [0.5, 0.6) is 11.5 Å². The lowest BCUT2D eigenvalue weighted by molar-refractivity contribution is -0.124. The number of ether oxygens (including phenoxy) is 2. The predicted octanol–water partition coefficient (Wildman–Crippen LogP) is 3.25. The second-order valence-electron chi connectivity index (χ2n) is 6.66. The molecule has 0 radical (unpaired) electrons. The maximum Gasteiger partial charge on any atom is 0.254 e. The van der Waals surface area contributed by atoms with Gasteiger partial charge in [0, 0.05) is 29.4 Å². The summed E-state index contributed by atoms with van der Waals surface area (Å²) in [6, 6.07) is 9.98. The van der Waals surface area contributed by atoms with Crippen LogP contribution in [0.3, 0.4) is 0 Å². The average Bonchev–Trinajstić information content (AvgIpc) is 3.13. The van der Waals surface area contributed by atoms with Gasteiger partial charge in [0.1, 0.15) is 6.04 Å². The standard InChI is InChI=1S/C20H19ClN2O4/c1-12-3-5-15(21)10-16(12)23-8-7-22(13(2)19(23)24)20(25)14-4-6-17-18(9-14)27-11-26-17/h3-6,9-10,13H,7-8,11H2,1-2H3/t13-/m0/s1. The van der Waals surface area contributed by atoms with E-state index in [0.717, 1.165) is 11.3 Å². The normalized spacial score (nSPS) is 18.8. The van der Waals surface area contributed by atoms with Gasteiger partial charge in [-0.25, -0.2) is 0 Å². The van der Waals surface area contributed by atoms with Crippen molar-refractivity contribution in [2.75, 3.05) is 24.8 Å². The number of fused-ring (bicyclic) bond motifs is 1. The largest absolute Gasteiger partial charge is 0.454 e. The highest BCUT2D eigenvalue weighted by Crippen LogP contribution is 2.33. The molecule has 0 spiro atoms. The molecular weight excluding hydrogens is 368 g/mol. The molecule has 27 heavy (non-hydrogen) atoms. The molecule has 0 aliphatic carbocycles. The summed E-state index contributed by atoms with van der Waals surface area (Å²) in [7, 11) is 0. The van der Waals surface area contributed by atoms with Gasteiger partial charge in [-0.05, 0) is 49.7 Å². The van der Waals surface area contributed by atoms with Crippen LogP contribution in [0.1, 0.15) is 22.8 Å². The lowest BCUT2D eigenvalue weighted by Gasteiger charge is -2.39. The summed E-state index contributed by atoms with van der Waals surface area (Å²) in [5.74, 6) is 0.849. The van der Waals surface area contributed by atoms with Gasteiger partial charge in [-0.1, -0.05) is 17.7 Å². The molecule has 2 amide bonds. The van der Waals surface area contributed by atoms with E-state index in [0.29, 0.717) is 35.2 Å². The molecule has 6 nitrogen and oxygen atoms in total. The molecule has 1 fully saturated rings. The Morgan fingerprint density at radius 2 is 1.89 bits per heavy atom. The third-order valence-electron chi connectivity index (χ3n) is 5.00. The Balaban J connectivity index is 1.56. The molecule has 0 aromatic heterocycles. The van der Waals surface area contributed by atoms with Crippen LogP contribution in [0, 0.1) is 6.92 Å². The van der Waals surface area contributed by atoms with E-state index in [4.69, 9.17) is 21.1 Å². The fourth-order valence-electron chi connectivity index (χ4n) is 3.46. The minimum Gasteiger partial charge on any atom is -0.454 e. The fourth-order valence-corrected chi connectivity index (χ4v) is 3.62. The van der Waals surface area contributed by atoms with Crippen molar-refractivity contribution in [1.82, 2.24) is 4.90 Å². The number of aryl methyl sites for hydroxylation is 1. The summed E-state index contributed by atoms with van der Waals surface area (Å²) in [5.41, 5.74) is 2.23. The first-order chi connectivity index (χ1) is 13.0. The summed E-state index contributed by atoms with van der Waals surface area (Å²) in [4.78, 5) is 29.2. The smallest absolute Gasteiger partial charge is 0.254 e. The van der Waals surface area contributed by atoms with E-state index in [1.165, 1.54) is 0 Å². The van der Waals surface area contributed by atoms with Crippen LogP contribution in [0.15, 0.2) is 36.4 Å². The Bertz CT molecular complexity index is 930. The van der Waals surface area contributed by atoms with Crippen molar-refractivity contribution in [3.05, 3.63) is 52.5 Å². The first-order valence-corrected chi connectivity index (χ1v) is 9.11. The fraction of sp³-hybridized carbons (Fsp3) is 0.300. The molecule has 0 N–H and O–H groups in total. The van der Waals surface area contributed by atoms with Gasteiger partial charge in [0.15, 0.2) is 11.5 Å². The van der Waals surface area contributed by atoms with E-state index in [1.807, 2.05) is 13.0 Å². The Kier molecular flexibility index (Phi) is 4.44. The molecule has 140 valence electrons. The van der Waals surface area contributed by atoms with E-state index in [9.17, 15) is 9.59 Å². The molecule has 2 aliphatic heterocycles. The summed E-state index contributed by atoms with van der Waals surface area (Å²) in [5, 5.41) is 0.579. The number of anilines is 1. The summed E-state index contributed by atoms with van der Waals surface area (Å²) in [6.45, 7) is 4.69. The molecular formula is C20H19ClN2O4. The second-order valence-corrected chi connectivity index (χ2v) is 7.10. The molecule has 2 aliphatic rings. The highest BCUT2D eigenvalue weighted by Gasteiger charge is 2.36. The molecule has 2 aromatic rings. The summed E-state index contributed by atoms with van der Waals surface area (Å²) >= 11 is 6.10. The number of amides is 2. The van der Waals surface area contributed by atoms with E-state index in [1.54, 1.807) is 47.1 Å². The van der Waals surface area contributed by atoms with Crippen LogP contribution in [-0.4, -0.2) is 42.6 Å². The van der Waals surface area contributed by atoms with Crippen LogP contribution in [0.4, 0.5) is 5.69 Å². The van der Waals surface area contributed by atoms with Crippen molar-refractivity contribution in [3.63, 3.8) is 0 Å². The van der Waals surface area contributed by atoms with Crippen LogP contribution >= 0.6 is 11.6 Å². The monoisotopic (exact) mass is 386 g/mol. The van der Waals surface area contributed by atoms with Gasteiger partial charge < -0.3 is 19.3 Å². The summed E-state index contributed by atoms with van der Waals surface area (Å²) < 4.78 is 10.6. The van der Waals surface area contributed by atoms with E-state index in [-0.39, 0.29) is 18.6 Å². The topological polar surface area (TPSA) is 59.1 Å². The van der Waals surface area contributed by atoms with Gasteiger partial charge >= 0.3 is 0 Å². The minimum absolute atomic E-state index is 0.124. The number of halogens is 1. The lowest BCUT2D eigenvalue weighted by Crippen LogP contribution is -2.57. The van der Waals surface area contributed by atoms with Crippen molar-refractivity contribution >= 4 is 29.1 Å². The predicted molar refractivity (Wildman–Crippen MR) is 102 cm³/mol. The Labute approximate surface area is 162 Å². The van der Waals surface area contributed by atoms with Crippen molar-refractivity contribution in [2.24, 2.45) is 0 Å². The quantitative estimate of drug-likeness (QED) is 0.795. The third-order valence-corrected chi connectivity index (χ3v) is 5.23. The minimum atomic E-state index is -0.574. The molecule has 0 unspecified atom stereocenters. The Morgan fingerprint density at radius 3 is 2.70 bits per heavy atom. The van der Waals surface area contributed by atoms with Gasteiger partial charge in [-0.2, -0.15) is 0 Å². The van der Waals surface area contributed by atoms with Gasteiger partial charge in [0.05, 0.1) is 0 Å². The molecule has 1 atom stereocenters. The van der Waals surface area contributed by atoms with Crippen LogP contribution in [0.25, 0.3) is 0 Å². The molecule has 0 saturated carbocycles. The molecule has 1 saturated heterocycles. The molecule has 2 heterocycles. The van der Waals surface area contributed by atoms with Crippen LogP contribution in [-0.2, 0) is 4.79 Å². The van der Waals surface area contributed by atoms with Gasteiger partial charge in [0.25, 0.3) is 5.91 Å². The average molecular weight is 387 g/mol. The zero-order valence-electron chi connectivity index (χ0n) is 15.1. The number of carbonyl (C=O) groups excluding carboxylic acids is 2. The van der Waals surface area contributed by atoms with E-state index in [2.05, 4.69) is 0 Å². The maximum absolute atomic E-state index is 13.0. The molecule has 2 aromatic carbocycles. The first kappa shape index (κ1) is 17.7. The lowest BCUT2D eigenvalue weighted by atomic mass is 10.1. The Hall–Kier alpha value is -2.73. The maximum atomic E-state index is 13.0. The number of benzene rings is 2. The number of carbonyl (C=O) groups is 2. The van der Waals surface area contributed by atoms with Gasteiger partial charge in [-0.3, -0.25) is 9.59 Å². The van der Waals surface area contributed by atoms with E-state index < -0.39 is 6.04 Å². The van der Waals surface area contributed by atoms with Crippen molar-refractivity contribution in [3.8, 4) is 11.5 Å². The number of hydrogen-bond acceptors (Lipinski definition) is 4. The van der Waals surface area contributed by atoms with Gasteiger partial charge in [-0.15, -0.1) is 0 Å². The number of piperazine rings is 1. The third kappa shape index (κ3) is 3.10. The number of hydrogen-bond donors (Lipinski definition) is 0. The molecule has 4 rings (SSSR count). The second kappa shape index (κ2) is 6.78. The number of rotatable bonds is 2. The first-order valence-electron chi connectivity index (χ1n) is 8.74. The van der Waals surface area contributed by atoms with Crippen LogP contribution in [0.2, 0.25) is 5.02 Å². The van der Waals surface area contributed by atoms with Crippen molar-refractivity contribution in [1.29, 1.82) is 0 Å². The van der Waals surface area contributed by atoms with Crippen molar-refractivity contribution in [2.45, 2.75) is 19.9 Å². The number of nitrogens with zero attached hydrogens (tertiary/aromatic N) is 2. The van der Waals surface area contributed by atoms with E-state index >= 15 is 0 Å². The van der Waals surface area contributed by atoms with Crippen molar-refractivity contribution < 1.29 is 19.1 Å². The Morgan fingerprint density at radius 1 is 1.11 bits per heavy atom. The SMILES string of the molecule is Cc1ccc(Cl)cc1N1CCN(C(=O)c2ccc3c(c2)OCO3)[C@@H](C)C1=O. The summed E-state index contributed by atoms with van der Waals surface area (Å²) in [6.07, 6.45) is 0. The van der Waals surface area contributed by atoms with Gasteiger partial charge in [0.2, 0.25) is 12.7 Å².